The summed E-state index contributed by atoms with van der Waals surface area (Å²) in [5.74, 6) is 0.640. The lowest BCUT2D eigenvalue weighted by Gasteiger charge is -2.29. The van der Waals surface area contributed by atoms with E-state index in [2.05, 4.69) is 0 Å². The van der Waals surface area contributed by atoms with E-state index >= 15 is 0 Å². The van der Waals surface area contributed by atoms with Crippen LogP contribution in [0.4, 0.5) is 0 Å². The Labute approximate surface area is 106 Å². The highest BCUT2D eigenvalue weighted by molar-refractivity contribution is 6.34. The van der Waals surface area contributed by atoms with Crippen molar-refractivity contribution >= 4 is 23.2 Å². The highest BCUT2D eigenvalue weighted by Crippen LogP contribution is 2.37. The van der Waals surface area contributed by atoms with Gasteiger partial charge < -0.3 is 10.5 Å². The molecule has 0 radical (unpaired) electrons. The van der Waals surface area contributed by atoms with E-state index in [4.69, 9.17) is 33.7 Å². The summed E-state index contributed by atoms with van der Waals surface area (Å²) in [6.07, 6.45) is 4.31. The second-order valence-corrected chi connectivity index (χ2v) is 5.11. The van der Waals surface area contributed by atoms with Gasteiger partial charge in [0, 0.05) is 17.6 Å². The standard InChI is InChI=1S/C12H15Cl2NO/c13-9-3-4-10(14)11(7-9)16-12(8-15)5-1-2-6-12/h3-4,7H,1-2,5-6,8,15H2. The first kappa shape index (κ1) is 12.0. The van der Waals surface area contributed by atoms with E-state index < -0.39 is 0 Å². The van der Waals surface area contributed by atoms with Crippen LogP contribution < -0.4 is 10.5 Å². The van der Waals surface area contributed by atoms with Crippen molar-refractivity contribution in [1.82, 2.24) is 0 Å². The van der Waals surface area contributed by atoms with Crippen LogP contribution in [0.5, 0.6) is 5.75 Å². The Morgan fingerprint density at radius 3 is 2.56 bits per heavy atom. The molecule has 1 saturated carbocycles. The molecule has 0 aliphatic heterocycles. The van der Waals surface area contributed by atoms with Gasteiger partial charge in [0.15, 0.2) is 0 Å². The van der Waals surface area contributed by atoms with Crippen LogP contribution in [0, 0.1) is 0 Å². The van der Waals surface area contributed by atoms with Crippen molar-refractivity contribution in [3.8, 4) is 5.75 Å². The van der Waals surface area contributed by atoms with Crippen molar-refractivity contribution in [2.24, 2.45) is 5.73 Å². The number of nitrogens with two attached hydrogens (primary N) is 1. The van der Waals surface area contributed by atoms with Crippen LogP contribution in [0.2, 0.25) is 10.0 Å². The Hall–Kier alpha value is -0.440. The second kappa shape index (κ2) is 4.82. The molecule has 1 fully saturated rings. The molecule has 0 unspecified atom stereocenters. The topological polar surface area (TPSA) is 35.2 Å². The second-order valence-electron chi connectivity index (χ2n) is 4.27. The molecule has 2 rings (SSSR count). The third-order valence-electron chi connectivity index (χ3n) is 3.11. The minimum atomic E-state index is -0.242. The van der Waals surface area contributed by atoms with Gasteiger partial charge >= 0.3 is 0 Å². The monoisotopic (exact) mass is 259 g/mol. The van der Waals surface area contributed by atoms with Gasteiger partial charge in [0.25, 0.3) is 0 Å². The van der Waals surface area contributed by atoms with E-state index in [0.717, 1.165) is 25.7 Å². The van der Waals surface area contributed by atoms with E-state index in [1.807, 2.05) is 0 Å². The largest absolute Gasteiger partial charge is 0.484 e. The molecule has 1 aromatic rings. The lowest BCUT2D eigenvalue weighted by Crippen LogP contribution is -2.40. The van der Waals surface area contributed by atoms with Crippen molar-refractivity contribution in [3.05, 3.63) is 28.2 Å². The number of rotatable bonds is 3. The first-order valence-electron chi connectivity index (χ1n) is 5.49. The fourth-order valence-corrected chi connectivity index (χ4v) is 2.47. The molecule has 2 N–H and O–H groups in total. The summed E-state index contributed by atoms with van der Waals surface area (Å²) in [7, 11) is 0. The summed E-state index contributed by atoms with van der Waals surface area (Å²) in [6, 6.07) is 5.25. The highest BCUT2D eigenvalue weighted by Gasteiger charge is 2.35. The highest BCUT2D eigenvalue weighted by atomic mass is 35.5. The summed E-state index contributed by atoms with van der Waals surface area (Å²) in [4.78, 5) is 0. The van der Waals surface area contributed by atoms with Crippen molar-refractivity contribution < 1.29 is 4.74 Å². The molecule has 1 aromatic carbocycles. The zero-order valence-electron chi connectivity index (χ0n) is 9.01. The van der Waals surface area contributed by atoms with Crippen LogP contribution in [-0.2, 0) is 0 Å². The van der Waals surface area contributed by atoms with Crippen LogP contribution in [0.25, 0.3) is 0 Å². The smallest absolute Gasteiger partial charge is 0.140 e. The average Bonchev–Trinajstić information content (AvgIpc) is 2.73. The van der Waals surface area contributed by atoms with Gasteiger partial charge in [0.05, 0.1) is 5.02 Å². The molecule has 0 aromatic heterocycles. The van der Waals surface area contributed by atoms with E-state index in [1.165, 1.54) is 0 Å². The molecular weight excluding hydrogens is 245 g/mol. The van der Waals surface area contributed by atoms with E-state index in [9.17, 15) is 0 Å². The summed E-state index contributed by atoms with van der Waals surface area (Å²) in [5.41, 5.74) is 5.56. The fraction of sp³-hybridized carbons (Fsp3) is 0.500. The quantitative estimate of drug-likeness (QED) is 0.900. The molecular formula is C12H15Cl2NO. The fourth-order valence-electron chi connectivity index (χ4n) is 2.16. The Bertz CT molecular complexity index is 375. The Morgan fingerprint density at radius 2 is 1.94 bits per heavy atom. The molecule has 0 saturated heterocycles. The van der Waals surface area contributed by atoms with Gasteiger partial charge in [-0.1, -0.05) is 23.2 Å². The predicted octanol–water partition coefficient (Wildman–Crippen LogP) is 3.64. The predicted molar refractivity (Wildman–Crippen MR) is 67.3 cm³/mol. The molecule has 0 spiro atoms. The Kier molecular flexibility index (Phi) is 3.63. The Morgan fingerprint density at radius 1 is 1.25 bits per heavy atom. The van der Waals surface area contributed by atoms with Crippen LogP contribution in [0.3, 0.4) is 0 Å². The van der Waals surface area contributed by atoms with Gasteiger partial charge in [-0.05, 0) is 37.8 Å². The van der Waals surface area contributed by atoms with E-state index in [-0.39, 0.29) is 5.60 Å². The minimum absolute atomic E-state index is 0.242. The third kappa shape index (κ3) is 2.45. The molecule has 1 aliphatic rings. The molecule has 0 bridgehead atoms. The first-order valence-corrected chi connectivity index (χ1v) is 6.25. The van der Waals surface area contributed by atoms with Gasteiger partial charge in [-0.25, -0.2) is 0 Å². The summed E-state index contributed by atoms with van der Waals surface area (Å²) in [6.45, 7) is 0.524. The lowest BCUT2D eigenvalue weighted by molar-refractivity contribution is 0.0854. The van der Waals surface area contributed by atoms with Gasteiger partial charge in [0.2, 0.25) is 0 Å². The molecule has 16 heavy (non-hydrogen) atoms. The van der Waals surface area contributed by atoms with Crippen LogP contribution >= 0.6 is 23.2 Å². The van der Waals surface area contributed by atoms with Crippen molar-refractivity contribution in [2.75, 3.05) is 6.54 Å². The SMILES string of the molecule is NCC1(Oc2cc(Cl)ccc2Cl)CCCC1. The van der Waals surface area contributed by atoms with E-state index in [0.29, 0.717) is 22.3 Å². The number of hydrogen-bond donors (Lipinski definition) is 1. The molecule has 88 valence electrons. The maximum absolute atomic E-state index is 6.07. The molecule has 0 atom stereocenters. The lowest BCUT2D eigenvalue weighted by atomic mass is 10.0. The molecule has 2 nitrogen and oxygen atoms in total. The van der Waals surface area contributed by atoms with Crippen molar-refractivity contribution in [3.63, 3.8) is 0 Å². The van der Waals surface area contributed by atoms with Crippen molar-refractivity contribution in [1.29, 1.82) is 0 Å². The zero-order valence-corrected chi connectivity index (χ0v) is 10.5. The zero-order chi connectivity index (χ0) is 11.6. The van der Waals surface area contributed by atoms with Gasteiger partial charge in [-0.2, -0.15) is 0 Å². The molecule has 4 heteroatoms. The minimum Gasteiger partial charge on any atom is -0.484 e. The van der Waals surface area contributed by atoms with Crippen LogP contribution in [0.1, 0.15) is 25.7 Å². The molecule has 1 aliphatic carbocycles. The maximum atomic E-state index is 6.07. The first-order chi connectivity index (χ1) is 7.65. The average molecular weight is 260 g/mol. The van der Waals surface area contributed by atoms with Crippen molar-refractivity contribution in [2.45, 2.75) is 31.3 Å². The third-order valence-corrected chi connectivity index (χ3v) is 3.65. The van der Waals surface area contributed by atoms with Crippen LogP contribution in [0.15, 0.2) is 18.2 Å². The van der Waals surface area contributed by atoms with Gasteiger partial charge in [-0.3, -0.25) is 0 Å². The summed E-state index contributed by atoms with van der Waals surface area (Å²) >= 11 is 12.0. The Balaban J connectivity index is 2.21. The number of hydrogen-bond acceptors (Lipinski definition) is 2. The van der Waals surface area contributed by atoms with E-state index in [1.54, 1.807) is 18.2 Å². The summed E-state index contributed by atoms with van der Waals surface area (Å²) < 4.78 is 5.98. The summed E-state index contributed by atoms with van der Waals surface area (Å²) in [5, 5.41) is 1.22. The number of halogens is 2. The number of benzene rings is 1. The normalized spacial score (nSPS) is 18.7. The van der Waals surface area contributed by atoms with Crippen LogP contribution in [-0.4, -0.2) is 12.1 Å². The molecule has 0 amide bonds. The van der Waals surface area contributed by atoms with Gasteiger partial charge in [0.1, 0.15) is 11.4 Å². The molecule has 0 heterocycles. The van der Waals surface area contributed by atoms with Gasteiger partial charge in [-0.15, -0.1) is 0 Å². The number of ether oxygens (including phenoxy) is 1. The maximum Gasteiger partial charge on any atom is 0.140 e.